The summed E-state index contributed by atoms with van der Waals surface area (Å²) in [5.74, 6) is 0.285. The number of hydrogen-bond donors (Lipinski definition) is 1. The molecule has 0 saturated carbocycles. The van der Waals surface area contributed by atoms with Crippen molar-refractivity contribution in [3.8, 4) is 17.9 Å². The highest BCUT2D eigenvalue weighted by Crippen LogP contribution is 2.30. The number of benzene rings is 1. The lowest BCUT2D eigenvalue weighted by atomic mass is 10.0. The van der Waals surface area contributed by atoms with Crippen LogP contribution >= 0.6 is 0 Å². The van der Waals surface area contributed by atoms with E-state index in [1.165, 1.54) is 0 Å². The average molecular weight is 265 g/mol. The predicted octanol–water partition coefficient (Wildman–Crippen LogP) is 1.90. The second kappa shape index (κ2) is 5.29. The molecule has 0 atom stereocenters. The smallest absolute Gasteiger partial charge is 0.258 e. The van der Waals surface area contributed by atoms with E-state index in [2.05, 4.69) is 5.32 Å². The summed E-state index contributed by atoms with van der Waals surface area (Å²) in [6.45, 7) is 1.71. The molecule has 0 aromatic heterocycles. The zero-order chi connectivity index (χ0) is 14.7. The van der Waals surface area contributed by atoms with E-state index < -0.39 is 5.91 Å². The first-order valence-corrected chi connectivity index (χ1v) is 5.84. The van der Waals surface area contributed by atoms with Crippen LogP contribution in [-0.2, 0) is 4.79 Å². The molecule has 5 nitrogen and oxygen atoms in total. The summed E-state index contributed by atoms with van der Waals surface area (Å²) in [5.41, 5.74) is 1.96. The fraction of sp³-hybridized carbons (Fsp3) is 0.133. The van der Waals surface area contributed by atoms with Crippen molar-refractivity contribution >= 4 is 11.6 Å². The fourth-order valence-corrected chi connectivity index (χ4v) is 2.05. The number of carbonyl (C=O) groups is 1. The van der Waals surface area contributed by atoms with Crippen LogP contribution in [0.15, 0.2) is 41.0 Å². The molecule has 0 spiro atoms. The van der Waals surface area contributed by atoms with Gasteiger partial charge >= 0.3 is 0 Å². The van der Waals surface area contributed by atoms with Crippen LogP contribution in [0.25, 0.3) is 5.70 Å². The number of nitrogens with zero attached hydrogens (tertiary/aromatic N) is 2. The van der Waals surface area contributed by atoms with E-state index in [4.69, 9.17) is 15.3 Å². The third-order valence-electron chi connectivity index (χ3n) is 3.07. The molecule has 2 rings (SSSR count). The van der Waals surface area contributed by atoms with E-state index in [-0.39, 0.29) is 11.1 Å². The van der Waals surface area contributed by atoms with Gasteiger partial charge < -0.3 is 10.1 Å². The first-order valence-electron chi connectivity index (χ1n) is 5.84. The predicted molar refractivity (Wildman–Crippen MR) is 72.0 cm³/mol. The molecular weight excluding hydrogens is 254 g/mol. The first kappa shape index (κ1) is 13.4. The van der Waals surface area contributed by atoms with Crippen molar-refractivity contribution in [3.63, 3.8) is 0 Å². The molecule has 1 aliphatic rings. The van der Waals surface area contributed by atoms with Crippen molar-refractivity contribution in [3.05, 3.63) is 46.5 Å². The SMILES string of the molecule is COc1ccc(C2=C(C)C(=C(C#N)C#N)C(=O)N2)cc1. The Morgan fingerprint density at radius 2 is 1.80 bits per heavy atom. The molecule has 0 radical (unpaired) electrons. The quantitative estimate of drug-likeness (QED) is 0.653. The summed E-state index contributed by atoms with van der Waals surface area (Å²) in [6, 6.07) is 10.7. The van der Waals surface area contributed by atoms with Crippen molar-refractivity contribution in [2.45, 2.75) is 6.92 Å². The van der Waals surface area contributed by atoms with Crippen molar-refractivity contribution in [2.75, 3.05) is 7.11 Å². The highest BCUT2D eigenvalue weighted by molar-refractivity contribution is 6.11. The number of allylic oxidation sites excluding steroid dienone is 1. The van der Waals surface area contributed by atoms with Crippen molar-refractivity contribution < 1.29 is 9.53 Å². The topological polar surface area (TPSA) is 85.9 Å². The minimum absolute atomic E-state index is 0.140. The van der Waals surface area contributed by atoms with Gasteiger partial charge in [0, 0.05) is 0 Å². The molecule has 0 fully saturated rings. The third kappa shape index (κ3) is 2.13. The molecule has 5 heteroatoms. The van der Waals surface area contributed by atoms with Gasteiger partial charge in [0.2, 0.25) is 0 Å². The van der Waals surface area contributed by atoms with Gasteiger partial charge in [-0.3, -0.25) is 4.79 Å². The van der Waals surface area contributed by atoms with Crippen molar-refractivity contribution in [1.29, 1.82) is 10.5 Å². The van der Waals surface area contributed by atoms with Crippen LogP contribution in [0.2, 0.25) is 0 Å². The van der Waals surface area contributed by atoms with Crippen LogP contribution in [0.1, 0.15) is 12.5 Å². The average Bonchev–Trinajstić information content (AvgIpc) is 2.77. The molecule has 0 unspecified atom stereocenters. The Hall–Kier alpha value is -3.05. The van der Waals surface area contributed by atoms with E-state index in [1.54, 1.807) is 50.4 Å². The van der Waals surface area contributed by atoms with Crippen LogP contribution in [0.5, 0.6) is 5.75 Å². The molecule has 1 aromatic rings. The van der Waals surface area contributed by atoms with Gasteiger partial charge in [-0.15, -0.1) is 0 Å². The van der Waals surface area contributed by atoms with Gasteiger partial charge in [-0.25, -0.2) is 0 Å². The first-order chi connectivity index (χ1) is 9.62. The number of hydrogen-bond acceptors (Lipinski definition) is 4. The maximum Gasteiger partial charge on any atom is 0.258 e. The Balaban J connectivity index is 2.53. The van der Waals surface area contributed by atoms with Crippen LogP contribution < -0.4 is 10.1 Å². The highest BCUT2D eigenvalue weighted by atomic mass is 16.5. The number of nitrogens with one attached hydrogen (secondary N) is 1. The number of rotatable bonds is 2. The van der Waals surface area contributed by atoms with E-state index in [0.29, 0.717) is 17.0 Å². The lowest BCUT2D eigenvalue weighted by molar-refractivity contribution is -0.115. The van der Waals surface area contributed by atoms with Gasteiger partial charge in [0.1, 0.15) is 23.5 Å². The number of nitriles is 2. The Morgan fingerprint density at radius 3 is 2.30 bits per heavy atom. The van der Waals surface area contributed by atoms with Crippen LogP contribution in [-0.4, -0.2) is 13.0 Å². The Bertz CT molecular complexity index is 697. The standard InChI is InChI=1S/C15H11N3O2/c1-9-13(11(7-16)8-17)15(19)18-14(9)10-3-5-12(20-2)6-4-10/h3-6H,1-2H3,(H,18,19). The van der Waals surface area contributed by atoms with E-state index in [9.17, 15) is 4.79 Å². The fourth-order valence-electron chi connectivity index (χ4n) is 2.05. The number of amides is 1. The Morgan fingerprint density at radius 1 is 1.20 bits per heavy atom. The van der Waals surface area contributed by atoms with Gasteiger partial charge in [0.25, 0.3) is 5.91 Å². The monoisotopic (exact) mass is 265 g/mol. The molecule has 1 aromatic carbocycles. The van der Waals surface area contributed by atoms with E-state index in [1.807, 2.05) is 0 Å². The minimum Gasteiger partial charge on any atom is -0.497 e. The second-order valence-corrected chi connectivity index (χ2v) is 4.16. The maximum atomic E-state index is 11.9. The molecule has 1 heterocycles. The van der Waals surface area contributed by atoms with Crippen LogP contribution in [0.3, 0.4) is 0 Å². The molecule has 20 heavy (non-hydrogen) atoms. The normalized spacial score (nSPS) is 13.6. The summed E-state index contributed by atoms with van der Waals surface area (Å²) >= 11 is 0. The molecule has 98 valence electrons. The van der Waals surface area contributed by atoms with Gasteiger partial charge in [0.15, 0.2) is 0 Å². The summed E-state index contributed by atoms with van der Waals surface area (Å²) in [5, 5.41) is 20.5. The third-order valence-corrected chi connectivity index (χ3v) is 3.07. The largest absolute Gasteiger partial charge is 0.497 e. The highest BCUT2D eigenvalue weighted by Gasteiger charge is 2.28. The summed E-state index contributed by atoms with van der Waals surface area (Å²) in [7, 11) is 1.57. The van der Waals surface area contributed by atoms with Crippen molar-refractivity contribution in [2.24, 2.45) is 0 Å². The molecule has 1 aliphatic heterocycles. The van der Waals surface area contributed by atoms with Crippen LogP contribution in [0, 0.1) is 22.7 Å². The maximum absolute atomic E-state index is 11.9. The summed E-state index contributed by atoms with van der Waals surface area (Å²) < 4.78 is 5.08. The number of methoxy groups -OCH3 is 1. The summed E-state index contributed by atoms with van der Waals surface area (Å²) in [6.07, 6.45) is 0. The molecule has 0 saturated heterocycles. The number of ether oxygens (including phenoxy) is 1. The van der Waals surface area contributed by atoms with Gasteiger partial charge in [-0.2, -0.15) is 10.5 Å². The van der Waals surface area contributed by atoms with Gasteiger partial charge in [-0.05, 0) is 42.3 Å². The number of carbonyl (C=O) groups excluding carboxylic acids is 1. The Kier molecular flexibility index (Phi) is 3.54. The zero-order valence-electron chi connectivity index (χ0n) is 11.0. The molecular formula is C15H11N3O2. The van der Waals surface area contributed by atoms with E-state index in [0.717, 1.165) is 5.56 Å². The van der Waals surface area contributed by atoms with Gasteiger partial charge in [0.05, 0.1) is 18.4 Å². The Labute approximate surface area is 116 Å². The summed E-state index contributed by atoms with van der Waals surface area (Å²) in [4.78, 5) is 11.9. The lowest BCUT2D eigenvalue weighted by Gasteiger charge is -2.05. The van der Waals surface area contributed by atoms with Crippen LogP contribution in [0.4, 0.5) is 0 Å². The zero-order valence-corrected chi connectivity index (χ0v) is 11.0. The van der Waals surface area contributed by atoms with Gasteiger partial charge in [-0.1, -0.05) is 0 Å². The molecule has 1 N–H and O–H groups in total. The molecule has 0 bridgehead atoms. The van der Waals surface area contributed by atoms with E-state index >= 15 is 0 Å². The second-order valence-electron chi connectivity index (χ2n) is 4.16. The minimum atomic E-state index is -0.425. The lowest BCUT2D eigenvalue weighted by Crippen LogP contribution is -2.16. The van der Waals surface area contributed by atoms with Crippen molar-refractivity contribution in [1.82, 2.24) is 5.32 Å². The molecule has 1 amide bonds. The molecule has 0 aliphatic carbocycles.